The first-order valence-corrected chi connectivity index (χ1v) is 9.52. The van der Waals surface area contributed by atoms with Crippen molar-refractivity contribution in [3.8, 4) is 17.2 Å². The van der Waals surface area contributed by atoms with E-state index in [9.17, 15) is 4.79 Å². The Labute approximate surface area is 164 Å². The molecule has 6 heteroatoms. The number of carbonyl (C=O) groups is 1. The molecule has 0 N–H and O–H groups in total. The van der Waals surface area contributed by atoms with Gasteiger partial charge in [-0.15, -0.1) is 10.2 Å². The molecule has 4 rings (SSSR count). The summed E-state index contributed by atoms with van der Waals surface area (Å²) >= 11 is 0. The van der Waals surface area contributed by atoms with E-state index in [4.69, 9.17) is 9.15 Å². The number of methoxy groups -OCH3 is 1. The average molecular weight is 377 g/mol. The molecule has 0 bridgehead atoms. The van der Waals surface area contributed by atoms with E-state index in [0.717, 1.165) is 36.3 Å². The molecule has 0 radical (unpaired) electrons. The largest absolute Gasteiger partial charge is 0.497 e. The van der Waals surface area contributed by atoms with Gasteiger partial charge in [-0.1, -0.05) is 30.3 Å². The average Bonchev–Trinajstić information content (AvgIpc) is 3.25. The normalized spacial score (nSPS) is 16.8. The standard InChI is InChI=1S/C22H23N3O3/c1-27-19-11-9-17(10-12-19)21-23-24-22(28-21)18-8-5-13-25(15-18)20(26)14-16-6-3-2-4-7-16/h2-4,6-7,9-12,18H,5,8,13-15H2,1H3/t18-/m1/s1. The first-order chi connectivity index (χ1) is 13.7. The van der Waals surface area contributed by atoms with Crippen LogP contribution >= 0.6 is 0 Å². The van der Waals surface area contributed by atoms with Gasteiger partial charge in [0.1, 0.15) is 5.75 Å². The van der Waals surface area contributed by atoms with Crippen molar-refractivity contribution in [1.29, 1.82) is 0 Å². The highest BCUT2D eigenvalue weighted by molar-refractivity contribution is 5.79. The fraction of sp³-hybridized carbons (Fsp3) is 0.318. The molecule has 1 aliphatic heterocycles. The Morgan fingerprint density at radius 1 is 1.14 bits per heavy atom. The fourth-order valence-electron chi connectivity index (χ4n) is 3.54. The number of carbonyl (C=O) groups excluding carboxylic acids is 1. The molecule has 2 heterocycles. The summed E-state index contributed by atoms with van der Waals surface area (Å²) in [5.41, 5.74) is 1.89. The van der Waals surface area contributed by atoms with E-state index in [1.165, 1.54) is 0 Å². The summed E-state index contributed by atoms with van der Waals surface area (Å²) in [6.45, 7) is 1.40. The van der Waals surface area contributed by atoms with Gasteiger partial charge in [0.2, 0.25) is 17.7 Å². The number of benzene rings is 2. The number of aromatic nitrogens is 2. The molecule has 1 atom stereocenters. The maximum absolute atomic E-state index is 12.7. The second-order valence-corrected chi connectivity index (χ2v) is 7.02. The zero-order valence-corrected chi connectivity index (χ0v) is 15.9. The summed E-state index contributed by atoms with van der Waals surface area (Å²) in [5, 5.41) is 8.44. The van der Waals surface area contributed by atoms with Gasteiger partial charge in [-0.3, -0.25) is 4.79 Å². The molecule has 1 aliphatic rings. The number of rotatable bonds is 5. The van der Waals surface area contributed by atoms with Gasteiger partial charge < -0.3 is 14.1 Å². The van der Waals surface area contributed by atoms with E-state index >= 15 is 0 Å². The van der Waals surface area contributed by atoms with E-state index in [1.807, 2.05) is 59.5 Å². The minimum Gasteiger partial charge on any atom is -0.497 e. The van der Waals surface area contributed by atoms with Crippen LogP contribution in [-0.4, -0.2) is 41.2 Å². The lowest BCUT2D eigenvalue weighted by atomic mass is 9.97. The highest BCUT2D eigenvalue weighted by Gasteiger charge is 2.28. The van der Waals surface area contributed by atoms with Gasteiger partial charge in [0.25, 0.3) is 0 Å². The first-order valence-electron chi connectivity index (χ1n) is 9.52. The Morgan fingerprint density at radius 2 is 1.93 bits per heavy atom. The Hall–Kier alpha value is -3.15. The van der Waals surface area contributed by atoms with Crippen LogP contribution in [0.5, 0.6) is 5.75 Å². The van der Waals surface area contributed by atoms with Gasteiger partial charge in [-0.05, 0) is 42.7 Å². The number of hydrogen-bond acceptors (Lipinski definition) is 5. The molecule has 0 spiro atoms. The predicted molar refractivity (Wildman–Crippen MR) is 105 cm³/mol. The summed E-state index contributed by atoms with van der Waals surface area (Å²) in [6, 6.07) is 17.4. The van der Waals surface area contributed by atoms with E-state index in [-0.39, 0.29) is 11.8 Å². The summed E-state index contributed by atoms with van der Waals surface area (Å²) in [5.74, 6) is 2.09. The molecule has 3 aromatic rings. The van der Waals surface area contributed by atoms with Crippen LogP contribution in [0.1, 0.15) is 30.2 Å². The Bertz CT molecular complexity index is 922. The van der Waals surface area contributed by atoms with E-state index in [1.54, 1.807) is 7.11 Å². The van der Waals surface area contributed by atoms with Crippen molar-refractivity contribution in [2.24, 2.45) is 0 Å². The molecule has 1 amide bonds. The quantitative estimate of drug-likeness (QED) is 0.678. The van der Waals surface area contributed by atoms with Gasteiger partial charge in [-0.25, -0.2) is 0 Å². The van der Waals surface area contributed by atoms with Crippen molar-refractivity contribution < 1.29 is 13.9 Å². The molecule has 144 valence electrons. The van der Waals surface area contributed by atoms with Gasteiger partial charge >= 0.3 is 0 Å². The fourth-order valence-corrected chi connectivity index (χ4v) is 3.54. The van der Waals surface area contributed by atoms with Gasteiger partial charge in [0.05, 0.1) is 19.4 Å². The molecule has 28 heavy (non-hydrogen) atoms. The number of ether oxygens (including phenoxy) is 1. The molecule has 0 unspecified atom stereocenters. The number of hydrogen-bond donors (Lipinski definition) is 0. The highest BCUT2D eigenvalue weighted by Crippen LogP contribution is 2.29. The second kappa shape index (κ2) is 8.25. The van der Waals surface area contributed by atoms with Crippen LogP contribution < -0.4 is 4.74 Å². The Balaban J connectivity index is 1.43. The van der Waals surface area contributed by atoms with Crippen molar-refractivity contribution in [1.82, 2.24) is 15.1 Å². The smallest absolute Gasteiger partial charge is 0.247 e. The van der Waals surface area contributed by atoms with Crippen LogP contribution in [0.3, 0.4) is 0 Å². The molecule has 0 aliphatic carbocycles. The molecule has 0 saturated carbocycles. The minimum atomic E-state index is 0.0768. The van der Waals surface area contributed by atoms with E-state index in [0.29, 0.717) is 24.7 Å². The number of nitrogens with zero attached hydrogens (tertiary/aromatic N) is 3. The zero-order chi connectivity index (χ0) is 19.3. The molecule has 1 aromatic heterocycles. The second-order valence-electron chi connectivity index (χ2n) is 7.02. The third-order valence-corrected chi connectivity index (χ3v) is 5.10. The van der Waals surface area contributed by atoms with Gasteiger partial charge in [0, 0.05) is 18.7 Å². The lowest BCUT2D eigenvalue weighted by Gasteiger charge is -2.31. The third kappa shape index (κ3) is 4.06. The number of amides is 1. The molecule has 1 fully saturated rings. The van der Waals surface area contributed by atoms with Gasteiger partial charge in [0.15, 0.2) is 0 Å². The van der Waals surface area contributed by atoms with Crippen LogP contribution in [0.25, 0.3) is 11.5 Å². The van der Waals surface area contributed by atoms with Crippen molar-refractivity contribution in [3.05, 3.63) is 66.1 Å². The van der Waals surface area contributed by atoms with Crippen LogP contribution in [0, 0.1) is 0 Å². The highest BCUT2D eigenvalue weighted by atomic mass is 16.5. The number of likely N-dealkylation sites (tertiary alicyclic amines) is 1. The minimum absolute atomic E-state index is 0.0768. The maximum atomic E-state index is 12.7. The van der Waals surface area contributed by atoms with E-state index < -0.39 is 0 Å². The van der Waals surface area contributed by atoms with Gasteiger partial charge in [-0.2, -0.15) is 0 Å². The molecule has 6 nitrogen and oxygen atoms in total. The summed E-state index contributed by atoms with van der Waals surface area (Å²) in [4.78, 5) is 14.6. The van der Waals surface area contributed by atoms with Crippen LogP contribution in [0.15, 0.2) is 59.0 Å². The summed E-state index contributed by atoms with van der Waals surface area (Å²) < 4.78 is 11.1. The first kappa shape index (κ1) is 18.2. The predicted octanol–water partition coefficient (Wildman–Crippen LogP) is 3.69. The molecular weight excluding hydrogens is 354 g/mol. The monoisotopic (exact) mass is 377 g/mol. The summed E-state index contributed by atoms with van der Waals surface area (Å²) in [6.07, 6.45) is 2.30. The van der Waals surface area contributed by atoms with Crippen molar-refractivity contribution in [2.75, 3.05) is 20.2 Å². The van der Waals surface area contributed by atoms with Crippen molar-refractivity contribution >= 4 is 5.91 Å². The SMILES string of the molecule is COc1ccc(-c2nnc([C@@H]3CCCN(C(=O)Cc4ccccc4)C3)o2)cc1. The summed E-state index contributed by atoms with van der Waals surface area (Å²) in [7, 11) is 1.63. The topological polar surface area (TPSA) is 68.5 Å². The maximum Gasteiger partial charge on any atom is 0.247 e. The molecule has 1 saturated heterocycles. The van der Waals surface area contributed by atoms with Crippen LogP contribution in [0.2, 0.25) is 0 Å². The Morgan fingerprint density at radius 3 is 2.68 bits per heavy atom. The van der Waals surface area contributed by atoms with Crippen LogP contribution in [0.4, 0.5) is 0 Å². The lowest BCUT2D eigenvalue weighted by molar-refractivity contribution is -0.131. The third-order valence-electron chi connectivity index (χ3n) is 5.10. The van der Waals surface area contributed by atoms with E-state index in [2.05, 4.69) is 10.2 Å². The molecule has 2 aromatic carbocycles. The Kier molecular flexibility index (Phi) is 5.37. The zero-order valence-electron chi connectivity index (χ0n) is 15.9. The van der Waals surface area contributed by atoms with Crippen molar-refractivity contribution in [2.45, 2.75) is 25.2 Å². The lowest BCUT2D eigenvalue weighted by Crippen LogP contribution is -2.40. The van der Waals surface area contributed by atoms with Crippen molar-refractivity contribution in [3.63, 3.8) is 0 Å². The van der Waals surface area contributed by atoms with Crippen LogP contribution in [-0.2, 0) is 11.2 Å². The molecular formula is C22H23N3O3. The number of piperidine rings is 1.